The van der Waals surface area contributed by atoms with E-state index >= 15 is 0 Å². The van der Waals surface area contributed by atoms with E-state index in [2.05, 4.69) is 59.9 Å². The van der Waals surface area contributed by atoms with Crippen LogP contribution in [0.4, 0.5) is 0 Å². The van der Waals surface area contributed by atoms with Crippen LogP contribution in [0.15, 0.2) is 93.6 Å². The number of thiocarbonyl (C=S) groups is 1. The van der Waals surface area contributed by atoms with Crippen LogP contribution in [0.3, 0.4) is 0 Å². The molecule has 2 heterocycles. The molecule has 5 rings (SSSR count). The minimum absolute atomic E-state index is 0.233. The molecule has 44 heavy (non-hydrogen) atoms. The van der Waals surface area contributed by atoms with Crippen LogP contribution in [0.5, 0.6) is 5.75 Å². The van der Waals surface area contributed by atoms with E-state index in [-0.39, 0.29) is 13.2 Å². The number of hydrazone groups is 1. The van der Waals surface area contributed by atoms with E-state index < -0.39 is 17.9 Å². The first kappa shape index (κ1) is 31.0. The van der Waals surface area contributed by atoms with Gasteiger partial charge < -0.3 is 24.7 Å². The maximum Gasteiger partial charge on any atom is 0.338 e. The Morgan fingerprint density at radius 2 is 1.80 bits per heavy atom. The van der Waals surface area contributed by atoms with Crippen molar-refractivity contribution in [3.05, 3.63) is 111 Å². The first-order valence-corrected chi connectivity index (χ1v) is 15.3. The van der Waals surface area contributed by atoms with Crippen LogP contribution in [0.25, 0.3) is 10.9 Å². The highest BCUT2D eigenvalue weighted by Crippen LogP contribution is 2.33. The van der Waals surface area contributed by atoms with E-state index in [1.165, 1.54) is 5.56 Å². The van der Waals surface area contributed by atoms with Gasteiger partial charge in [-0.25, -0.2) is 10.2 Å². The maximum absolute atomic E-state index is 12.8. The molecule has 0 saturated carbocycles. The quantitative estimate of drug-likeness (QED) is 0.0865. The predicted molar refractivity (Wildman–Crippen MR) is 179 cm³/mol. The Morgan fingerprint density at radius 1 is 1.07 bits per heavy atom. The minimum Gasteiger partial charge on any atom is -0.483 e. The predicted octanol–water partition coefficient (Wildman–Crippen LogP) is 5.65. The summed E-state index contributed by atoms with van der Waals surface area (Å²) in [6.45, 7) is 6.21. The van der Waals surface area contributed by atoms with Crippen LogP contribution in [0.1, 0.15) is 42.3 Å². The number of carbonyl (C=O) groups is 2. The zero-order valence-electron chi connectivity index (χ0n) is 24.5. The topological polar surface area (TPSA) is 106 Å². The molecule has 1 atom stereocenters. The third-order valence-electron chi connectivity index (χ3n) is 7.27. The molecule has 0 spiro atoms. The number of amides is 1. The summed E-state index contributed by atoms with van der Waals surface area (Å²) in [5.74, 6) is -0.471. The number of nitrogens with zero attached hydrogens (tertiary/aromatic N) is 2. The molecule has 0 radical (unpaired) electrons. The van der Waals surface area contributed by atoms with E-state index in [9.17, 15) is 9.59 Å². The highest BCUT2D eigenvalue weighted by molar-refractivity contribution is 9.10. The number of nitrogens with one attached hydrogen (secondary N) is 3. The summed E-state index contributed by atoms with van der Waals surface area (Å²) in [5, 5.41) is 11.8. The van der Waals surface area contributed by atoms with Crippen LogP contribution in [0.2, 0.25) is 0 Å². The van der Waals surface area contributed by atoms with Gasteiger partial charge in [-0.15, -0.1) is 0 Å². The smallest absolute Gasteiger partial charge is 0.338 e. The summed E-state index contributed by atoms with van der Waals surface area (Å²) >= 11 is 8.84. The molecular formula is C33H32BrN5O4S. The zero-order chi connectivity index (χ0) is 31.2. The summed E-state index contributed by atoms with van der Waals surface area (Å²) in [6, 6.07) is 22.9. The first-order valence-electron chi connectivity index (χ1n) is 14.1. The molecule has 9 nitrogen and oxygen atoms in total. The Bertz CT molecular complexity index is 1780. The summed E-state index contributed by atoms with van der Waals surface area (Å²) < 4.78 is 14.5. The number of rotatable bonds is 10. The standard InChI is InChI=1S/C33H32BrN5O4S/c1-4-42-32(41)30-20(2)36-33(44)37-31(30)25-10-6-8-12-28(25)43-19-29(40)38-35-17-26-21(3)39(27-11-7-5-9-24(26)27)18-22-13-15-23(34)16-14-22/h5-17,31H,4,18-19H2,1-3H3,(H,38,40)(H2,36,37,44)/t31-/m0/s1. The number of hydrogen-bond acceptors (Lipinski definition) is 6. The van der Waals surface area contributed by atoms with Crippen molar-refractivity contribution in [1.82, 2.24) is 20.6 Å². The van der Waals surface area contributed by atoms with Crippen LogP contribution in [-0.4, -0.2) is 41.0 Å². The van der Waals surface area contributed by atoms with Crippen LogP contribution in [-0.2, 0) is 20.9 Å². The fourth-order valence-corrected chi connectivity index (χ4v) is 5.73. The van der Waals surface area contributed by atoms with E-state index in [1.54, 1.807) is 32.2 Å². The lowest BCUT2D eigenvalue weighted by molar-refractivity contribution is -0.139. The average molecular weight is 675 g/mol. The molecule has 1 aromatic heterocycles. The number of halogens is 1. The maximum atomic E-state index is 12.8. The van der Waals surface area contributed by atoms with Crippen molar-refractivity contribution in [2.75, 3.05) is 13.2 Å². The van der Waals surface area contributed by atoms with Gasteiger partial charge in [0, 0.05) is 44.4 Å². The highest BCUT2D eigenvalue weighted by Gasteiger charge is 2.32. The van der Waals surface area contributed by atoms with E-state index in [0.717, 1.165) is 26.6 Å². The van der Waals surface area contributed by atoms with Crippen LogP contribution < -0.4 is 20.8 Å². The van der Waals surface area contributed by atoms with Gasteiger partial charge in [-0.3, -0.25) is 4.79 Å². The highest BCUT2D eigenvalue weighted by atomic mass is 79.9. The van der Waals surface area contributed by atoms with E-state index in [1.807, 2.05) is 49.4 Å². The molecule has 1 amide bonds. The van der Waals surface area contributed by atoms with Gasteiger partial charge >= 0.3 is 5.97 Å². The molecular weight excluding hydrogens is 642 g/mol. The van der Waals surface area contributed by atoms with Crippen molar-refractivity contribution in [2.45, 2.75) is 33.4 Å². The lowest BCUT2D eigenvalue weighted by Crippen LogP contribution is -2.45. The second kappa shape index (κ2) is 13.9. The summed E-state index contributed by atoms with van der Waals surface area (Å²) in [6.07, 6.45) is 1.67. The van der Waals surface area contributed by atoms with Gasteiger partial charge in [0.25, 0.3) is 5.91 Å². The molecule has 1 aliphatic rings. The molecule has 11 heteroatoms. The number of hydrogen-bond donors (Lipinski definition) is 3. The lowest BCUT2D eigenvalue weighted by atomic mass is 9.95. The fraction of sp³-hybridized carbons (Fsp3) is 0.212. The number of aromatic nitrogens is 1. The first-order chi connectivity index (χ1) is 21.3. The number of esters is 1. The van der Waals surface area contributed by atoms with Crippen molar-refractivity contribution >= 4 is 62.3 Å². The second-order valence-corrected chi connectivity index (χ2v) is 11.5. The molecule has 3 N–H and O–H groups in total. The Balaban J connectivity index is 1.29. The third kappa shape index (κ3) is 6.84. The largest absolute Gasteiger partial charge is 0.483 e. The van der Waals surface area contributed by atoms with Crippen LogP contribution >= 0.6 is 28.1 Å². The molecule has 3 aromatic carbocycles. The van der Waals surface area contributed by atoms with Crippen molar-refractivity contribution in [1.29, 1.82) is 0 Å². The summed E-state index contributed by atoms with van der Waals surface area (Å²) in [4.78, 5) is 25.6. The molecule has 0 fully saturated rings. The second-order valence-electron chi connectivity index (χ2n) is 10.1. The van der Waals surface area contributed by atoms with Gasteiger partial charge in [0.05, 0.1) is 24.4 Å². The van der Waals surface area contributed by atoms with Gasteiger partial charge in [-0.2, -0.15) is 5.10 Å². The van der Waals surface area contributed by atoms with Crippen molar-refractivity contribution in [3.63, 3.8) is 0 Å². The Kier molecular flexibility index (Phi) is 9.76. The Morgan fingerprint density at radius 3 is 2.57 bits per heavy atom. The SMILES string of the molecule is CCOC(=O)C1=C(C)NC(=S)N[C@H]1c1ccccc1OCC(=O)NN=Cc1c(C)n(Cc2ccc(Br)cc2)c2ccccc12. The number of fused-ring (bicyclic) bond motifs is 1. The number of allylic oxidation sites excluding steroid dienone is 1. The number of para-hydroxylation sites is 2. The van der Waals surface area contributed by atoms with Crippen molar-refractivity contribution < 1.29 is 19.1 Å². The molecule has 0 saturated heterocycles. The van der Waals surface area contributed by atoms with Crippen molar-refractivity contribution in [3.8, 4) is 5.75 Å². The molecule has 226 valence electrons. The number of ether oxygens (including phenoxy) is 2. The number of benzene rings is 3. The van der Waals surface area contributed by atoms with Crippen molar-refractivity contribution in [2.24, 2.45) is 5.10 Å². The molecule has 0 aliphatic carbocycles. The average Bonchev–Trinajstić information content (AvgIpc) is 3.27. The minimum atomic E-state index is -0.613. The number of carbonyl (C=O) groups excluding carboxylic acids is 2. The monoisotopic (exact) mass is 673 g/mol. The van der Waals surface area contributed by atoms with Gasteiger partial charge in [-0.05, 0) is 62.8 Å². The Labute approximate surface area is 269 Å². The molecule has 4 aromatic rings. The zero-order valence-corrected chi connectivity index (χ0v) is 26.9. The molecule has 0 unspecified atom stereocenters. The van der Waals surface area contributed by atoms with Gasteiger partial charge in [0.2, 0.25) is 0 Å². The van der Waals surface area contributed by atoms with Gasteiger partial charge in [-0.1, -0.05) is 64.5 Å². The summed E-state index contributed by atoms with van der Waals surface area (Å²) in [5.41, 5.74) is 8.41. The van der Waals surface area contributed by atoms with Gasteiger partial charge in [0.1, 0.15) is 5.75 Å². The van der Waals surface area contributed by atoms with Gasteiger partial charge in [0.15, 0.2) is 11.7 Å². The normalized spacial score (nSPS) is 14.8. The third-order valence-corrected chi connectivity index (χ3v) is 8.02. The molecule has 1 aliphatic heterocycles. The molecule has 0 bridgehead atoms. The van der Waals surface area contributed by atoms with Crippen LogP contribution in [0, 0.1) is 6.92 Å². The summed E-state index contributed by atoms with van der Waals surface area (Å²) in [7, 11) is 0. The lowest BCUT2D eigenvalue weighted by Gasteiger charge is -2.30. The van der Waals surface area contributed by atoms with E-state index in [4.69, 9.17) is 21.7 Å². The van der Waals surface area contributed by atoms with E-state index in [0.29, 0.717) is 34.2 Å². The fourth-order valence-electron chi connectivity index (χ4n) is 5.20. The Hall–Kier alpha value is -4.48.